The average Bonchev–Trinajstić information content (AvgIpc) is 2.12. The standard InChI is InChI=1S/C12H21NO4/c1-6-16-10(14)8-7-9(2)13-11(15)17-12(3,4)5/h7-9H,6H2,1-5H3,(H,13,15)/t9-/m0/s1. The molecule has 0 aromatic heterocycles. The van der Waals surface area contributed by atoms with Crippen LogP contribution >= 0.6 is 0 Å². The van der Waals surface area contributed by atoms with Gasteiger partial charge in [0.2, 0.25) is 0 Å². The van der Waals surface area contributed by atoms with Gasteiger partial charge in [0, 0.05) is 12.1 Å². The summed E-state index contributed by atoms with van der Waals surface area (Å²) in [6.45, 7) is 9.15. The van der Waals surface area contributed by atoms with Gasteiger partial charge >= 0.3 is 12.1 Å². The number of alkyl carbamates (subject to hydrolysis) is 1. The third-order valence-corrected chi connectivity index (χ3v) is 1.55. The van der Waals surface area contributed by atoms with Crippen LogP contribution in [0.5, 0.6) is 0 Å². The smallest absolute Gasteiger partial charge is 0.408 e. The van der Waals surface area contributed by atoms with Crippen LogP contribution in [0.4, 0.5) is 4.79 Å². The summed E-state index contributed by atoms with van der Waals surface area (Å²) in [5, 5.41) is 2.58. The topological polar surface area (TPSA) is 64.6 Å². The zero-order valence-corrected chi connectivity index (χ0v) is 11.1. The Morgan fingerprint density at radius 1 is 1.35 bits per heavy atom. The van der Waals surface area contributed by atoms with Crippen molar-refractivity contribution >= 4 is 12.1 Å². The quantitative estimate of drug-likeness (QED) is 0.606. The Morgan fingerprint density at radius 3 is 2.41 bits per heavy atom. The van der Waals surface area contributed by atoms with Gasteiger partial charge in [0.25, 0.3) is 0 Å². The molecule has 0 radical (unpaired) electrons. The van der Waals surface area contributed by atoms with Crippen molar-refractivity contribution in [2.45, 2.75) is 46.3 Å². The number of ether oxygens (including phenoxy) is 2. The molecule has 1 N–H and O–H groups in total. The minimum atomic E-state index is -0.533. The van der Waals surface area contributed by atoms with Crippen LogP contribution in [0.1, 0.15) is 34.6 Å². The van der Waals surface area contributed by atoms with Crippen molar-refractivity contribution in [3.05, 3.63) is 12.2 Å². The predicted molar refractivity (Wildman–Crippen MR) is 64.6 cm³/mol. The fourth-order valence-electron chi connectivity index (χ4n) is 0.955. The summed E-state index contributed by atoms with van der Waals surface area (Å²) in [6.07, 6.45) is 2.31. The van der Waals surface area contributed by atoms with Gasteiger partial charge in [-0.05, 0) is 34.6 Å². The van der Waals surface area contributed by atoms with E-state index < -0.39 is 17.7 Å². The van der Waals surface area contributed by atoms with E-state index in [4.69, 9.17) is 9.47 Å². The SMILES string of the molecule is CCOC(=O)C=C[C@H](C)NC(=O)OC(C)(C)C. The molecule has 0 aliphatic heterocycles. The van der Waals surface area contributed by atoms with Crippen LogP contribution in [0.3, 0.4) is 0 Å². The van der Waals surface area contributed by atoms with Gasteiger partial charge in [0.05, 0.1) is 6.61 Å². The fourth-order valence-corrected chi connectivity index (χ4v) is 0.955. The molecule has 0 heterocycles. The second-order valence-electron chi connectivity index (χ2n) is 4.55. The van der Waals surface area contributed by atoms with E-state index in [0.717, 1.165) is 0 Å². The van der Waals surface area contributed by atoms with Gasteiger partial charge in [-0.3, -0.25) is 0 Å². The van der Waals surface area contributed by atoms with Crippen LogP contribution in [0, 0.1) is 0 Å². The number of rotatable bonds is 4. The Bertz CT molecular complexity index is 291. The molecular formula is C12H21NO4. The molecular weight excluding hydrogens is 222 g/mol. The lowest BCUT2D eigenvalue weighted by molar-refractivity contribution is -0.137. The summed E-state index contributed by atoms with van der Waals surface area (Å²) in [5.74, 6) is -0.426. The molecule has 0 rings (SSSR count). The van der Waals surface area contributed by atoms with Gasteiger partial charge in [0.15, 0.2) is 0 Å². The minimum Gasteiger partial charge on any atom is -0.463 e. The Labute approximate surface area is 102 Å². The lowest BCUT2D eigenvalue weighted by Gasteiger charge is -2.20. The highest BCUT2D eigenvalue weighted by Crippen LogP contribution is 2.06. The number of nitrogens with one attached hydrogen (secondary N) is 1. The van der Waals surface area contributed by atoms with E-state index in [-0.39, 0.29) is 6.04 Å². The first-order chi connectivity index (χ1) is 7.74. The lowest BCUT2D eigenvalue weighted by Crippen LogP contribution is -2.36. The van der Waals surface area contributed by atoms with E-state index >= 15 is 0 Å². The highest BCUT2D eigenvalue weighted by Gasteiger charge is 2.16. The molecule has 5 heteroatoms. The van der Waals surface area contributed by atoms with Crippen LogP contribution in [-0.4, -0.2) is 30.3 Å². The molecule has 1 atom stereocenters. The number of hydrogen-bond donors (Lipinski definition) is 1. The number of esters is 1. The molecule has 17 heavy (non-hydrogen) atoms. The first kappa shape index (κ1) is 15.5. The Morgan fingerprint density at radius 2 is 1.94 bits per heavy atom. The minimum absolute atomic E-state index is 0.297. The van der Waals surface area contributed by atoms with Gasteiger partial charge in [-0.15, -0.1) is 0 Å². The normalized spacial score (nSPS) is 13.2. The zero-order valence-electron chi connectivity index (χ0n) is 11.1. The summed E-state index contributed by atoms with van der Waals surface area (Å²) < 4.78 is 9.77. The van der Waals surface area contributed by atoms with Crippen LogP contribution in [0.25, 0.3) is 0 Å². The molecule has 0 aliphatic carbocycles. The van der Waals surface area contributed by atoms with E-state index in [9.17, 15) is 9.59 Å². The van der Waals surface area contributed by atoms with Crippen LogP contribution in [-0.2, 0) is 14.3 Å². The molecule has 98 valence electrons. The van der Waals surface area contributed by atoms with E-state index in [1.807, 2.05) is 0 Å². The number of carbonyl (C=O) groups is 2. The van der Waals surface area contributed by atoms with Crippen molar-refractivity contribution in [2.24, 2.45) is 0 Å². The van der Waals surface area contributed by atoms with Gasteiger partial charge in [-0.25, -0.2) is 9.59 Å². The summed E-state index contributed by atoms with van der Waals surface area (Å²) in [4.78, 5) is 22.4. The fraction of sp³-hybridized carbons (Fsp3) is 0.667. The highest BCUT2D eigenvalue weighted by molar-refractivity contribution is 5.82. The first-order valence-corrected chi connectivity index (χ1v) is 5.59. The van der Waals surface area contributed by atoms with Crippen LogP contribution in [0.2, 0.25) is 0 Å². The van der Waals surface area contributed by atoms with Crippen molar-refractivity contribution in [3.63, 3.8) is 0 Å². The van der Waals surface area contributed by atoms with E-state index in [0.29, 0.717) is 6.61 Å². The second kappa shape index (κ2) is 6.93. The molecule has 1 amide bonds. The molecule has 0 aliphatic rings. The molecule has 0 saturated heterocycles. The largest absolute Gasteiger partial charge is 0.463 e. The second-order valence-corrected chi connectivity index (χ2v) is 4.55. The van der Waals surface area contributed by atoms with E-state index in [1.165, 1.54) is 6.08 Å². The lowest BCUT2D eigenvalue weighted by atomic mass is 10.2. The van der Waals surface area contributed by atoms with Crippen molar-refractivity contribution in [3.8, 4) is 0 Å². The third kappa shape index (κ3) is 9.41. The number of amides is 1. The Balaban J connectivity index is 4.05. The zero-order chi connectivity index (χ0) is 13.5. The molecule has 0 aromatic carbocycles. The summed E-state index contributed by atoms with van der Waals surface area (Å²) >= 11 is 0. The molecule has 0 aromatic rings. The Hall–Kier alpha value is -1.52. The van der Waals surface area contributed by atoms with Gasteiger partial charge < -0.3 is 14.8 Å². The molecule has 5 nitrogen and oxygen atoms in total. The number of hydrogen-bond acceptors (Lipinski definition) is 4. The van der Waals surface area contributed by atoms with Gasteiger partial charge in [-0.2, -0.15) is 0 Å². The van der Waals surface area contributed by atoms with Crippen LogP contribution in [0.15, 0.2) is 12.2 Å². The van der Waals surface area contributed by atoms with Crippen LogP contribution < -0.4 is 5.32 Å². The maximum absolute atomic E-state index is 11.4. The van der Waals surface area contributed by atoms with E-state index in [2.05, 4.69) is 5.32 Å². The first-order valence-electron chi connectivity index (χ1n) is 5.59. The summed E-state index contributed by atoms with van der Waals surface area (Å²) in [6, 6.07) is -0.297. The summed E-state index contributed by atoms with van der Waals surface area (Å²) in [7, 11) is 0. The van der Waals surface area contributed by atoms with Crippen molar-refractivity contribution in [2.75, 3.05) is 6.61 Å². The van der Waals surface area contributed by atoms with Gasteiger partial charge in [0.1, 0.15) is 5.60 Å². The molecule has 0 unspecified atom stereocenters. The monoisotopic (exact) mass is 243 g/mol. The Kier molecular flexibility index (Phi) is 6.31. The van der Waals surface area contributed by atoms with Gasteiger partial charge in [-0.1, -0.05) is 6.08 Å². The van der Waals surface area contributed by atoms with Crippen molar-refractivity contribution in [1.29, 1.82) is 0 Å². The maximum atomic E-state index is 11.4. The highest BCUT2D eigenvalue weighted by atomic mass is 16.6. The molecule has 0 spiro atoms. The maximum Gasteiger partial charge on any atom is 0.408 e. The average molecular weight is 243 g/mol. The van der Waals surface area contributed by atoms with E-state index in [1.54, 1.807) is 40.7 Å². The summed E-state index contributed by atoms with van der Waals surface area (Å²) in [5.41, 5.74) is -0.533. The molecule has 0 saturated carbocycles. The molecule has 0 fully saturated rings. The molecule has 0 bridgehead atoms. The van der Waals surface area contributed by atoms with Crippen molar-refractivity contribution in [1.82, 2.24) is 5.32 Å². The number of carbonyl (C=O) groups excluding carboxylic acids is 2. The van der Waals surface area contributed by atoms with Crippen molar-refractivity contribution < 1.29 is 19.1 Å². The third-order valence-electron chi connectivity index (χ3n) is 1.55. The predicted octanol–water partition coefficient (Wildman–Crippen LogP) is 2.02.